The van der Waals surface area contributed by atoms with Crippen LogP contribution in [-0.2, 0) is 17.7 Å². The Morgan fingerprint density at radius 1 is 1.03 bits per heavy atom. The van der Waals surface area contributed by atoms with Gasteiger partial charge in [-0.25, -0.2) is 0 Å². The first-order valence-electron chi connectivity index (χ1n) is 14.1. The normalized spacial score (nSPS) is 45.4. The lowest BCUT2D eigenvalue weighted by molar-refractivity contribution is -0.147. The molecule has 7 aliphatic rings. The van der Waals surface area contributed by atoms with Crippen LogP contribution >= 0.6 is 0 Å². The molecule has 4 nitrogen and oxygen atoms in total. The van der Waals surface area contributed by atoms with E-state index in [0.717, 1.165) is 12.6 Å². The van der Waals surface area contributed by atoms with Gasteiger partial charge in [0.2, 0.25) is 0 Å². The van der Waals surface area contributed by atoms with Crippen LogP contribution in [-0.4, -0.2) is 57.7 Å². The maximum absolute atomic E-state index is 7.51. The molecule has 2 spiro atoms. The van der Waals surface area contributed by atoms with Crippen LogP contribution in [0.2, 0.25) is 0 Å². The number of hydrogen-bond donors (Lipinski definition) is 0. The largest absolute Gasteiger partial charge is 0.359 e. The molecular weight excluding hydrogens is 418 g/mol. The number of pyridine rings is 1. The van der Waals surface area contributed by atoms with Crippen LogP contribution in [0.3, 0.4) is 0 Å². The molecule has 3 unspecified atom stereocenters. The number of likely N-dealkylation sites (tertiary alicyclic amines) is 1. The van der Waals surface area contributed by atoms with E-state index < -0.39 is 0 Å². The van der Waals surface area contributed by atoms with E-state index >= 15 is 0 Å². The van der Waals surface area contributed by atoms with Gasteiger partial charge in [-0.05, 0) is 117 Å². The van der Waals surface area contributed by atoms with E-state index in [1.54, 1.807) is 11.1 Å². The Bertz CT molecular complexity index is 1090. The van der Waals surface area contributed by atoms with Crippen molar-refractivity contribution < 1.29 is 4.74 Å². The predicted molar refractivity (Wildman–Crippen MR) is 133 cm³/mol. The second-order valence-corrected chi connectivity index (χ2v) is 12.8. The molecule has 8 rings (SSSR count). The highest BCUT2D eigenvalue weighted by Crippen LogP contribution is 2.67. The molecule has 1 aromatic heterocycles. The van der Waals surface area contributed by atoms with Gasteiger partial charge in [0, 0.05) is 37.6 Å². The standard InChI is InChI=1S/C30H39N3O/c1-28-10-7-24-17-23-3-4-25(32-14-2-15-32)18-29(23)11-12-30(24,34-29)26(28)5-6-27(28)33-16-9-21-8-13-31-19-22(21)20-33/h7-8,13,17,19,25-27H,2-6,9-12,14-16,18,20H2,1H3/t25?,26-,27?,28?,29-,30-/m1/s1. The van der Waals surface area contributed by atoms with E-state index in [0.29, 0.717) is 17.4 Å². The number of ether oxygens (including phenoxy) is 1. The summed E-state index contributed by atoms with van der Waals surface area (Å²) in [6.45, 7) is 7.51. The van der Waals surface area contributed by atoms with Crippen molar-refractivity contribution in [2.45, 2.75) is 101 Å². The van der Waals surface area contributed by atoms with Gasteiger partial charge in [0.15, 0.2) is 0 Å². The van der Waals surface area contributed by atoms with Crippen molar-refractivity contribution >= 4 is 0 Å². The Labute approximate surface area is 204 Å². The topological polar surface area (TPSA) is 28.6 Å². The van der Waals surface area contributed by atoms with Gasteiger partial charge in [-0.2, -0.15) is 0 Å². The molecule has 0 N–H and O–H groups in total. The van der Waals surface area contributed by atoms with Crippen LogP contribution in [0.15, 0.2) is 41.8 Å². The van der Waals surface area contributed by atoms with Gasteiger partial charge in [-0.15, -0.1) is 0 Å². The number of fused-ring (bicyclic) bond motifs is 2. The van der Waals surface area contributed by atoms with Crippen molar-refractivity contribution in [1.82, 2.24) is 14.8 Å². The van der Waals surface area contributed by atoms with Crippen molar-refractivity contribution in [3.05, 3.63) is 52.9 Å². The maximum atomic E-state index is 7.51. The Morgan fingerprint density at radius 2 is 1.97 bits per heavy atom. The number of allylic oxidation sites excluding steroid dienone is 1. The second kappa shape index (κ2) is 7.05. The number of aromatic nitrogens is 1. The maximum Gasteiger partial charge on any atom is 0.0975 e. The van der Waals surface area contributed by atoms with Crippen LogP contribution in [0.5, 0.6) is 0 Å². The SMILES string of the molecule is CC12CC=C3C=C4CCC(N5CCC5)C[C@]45CC[C@]3(O5)[C@@H]1CCC2N1CCc2ccncc2C1. The molecule has 34 heavy (non-hydrogen) atoms. The van der Waals surface area contributed by atoms with E-state index in [2.05, 4.69) is 46.1 Å². The molecule has 5 heterocycles. The molecule has 4 aliphatic heterocycles. The van der Waals surface area contributed by atoms with Gasteiger partial charge in [0.1, 0.15) is 0 Å². The summed E-state index contributed by atoms with van der Waals surface area (Å²) in [4.78, 5) is 10.00. The first-order valence-corrected chi connectivity index (χ1v) is 14.1. The van der Waals surface area contributed by atoms with Gasteiger partial charge in [0.05, 0.1) is 11.2 Å². The lowest BCUT2D eigenvalue weighted by Crippen LogP contribution is -2.58. The van der Waals surface area contributed by atoms with Gasteiger partial charge in [-0.3, -0.25) is 9.88 Å². The van der Waals surface area contributed by atoms with Gasteiger partial charge in [-0.1, -0.05) is 19.1 Å². The molecule has 2 saturated carbocycles. The Hall–Kier alpha value is -1.49. The summed E-state index contributed by atoms with van der Waals surface area (Å²) in [5.41, 5.74) is 6.50. The predicted octanol–water partition coefficient (Wildman–Crippen LogP) is 5.04. The first-order chi connectivity index (χ1) is 16.6. The Balaban J connectivity index is 1.11. The van der Waals surface area contributed by atoms with E-state index in [1.165, 1.54) is 95.0 Å². The molecule has 1 aromatic rings. The minimum Gasteiger partial charge on any atom is -0.359 e. The molecule has 2 bridgehead atoms. The zero-order valence-electron chi connectivity index (χ0n) is 20.8. The molecule has 0 amide bonds. The molecule has 4 heteroatoms. The minimum atomic E-state index is -0.0165. The van der Waals surface area contributed by atoms with Crippen molar-refractivity contribution in [2.75, 3.05) is 19.6 Å². The Kier molecular flexibility index (Phi) is 4.29. The minimum absolute atomic E-state index is 0.0165. The summed E-state index contributed by atoms with van der Waals surface area (Å²) >= 11 is 0. The zero-order valence-corrected chi connectivity index (χ0v) is 20.8. The van der Waals surface area contributed by atoms with Crippen LogP contribution in [0.25, 0.3) is 0 Å². The van der Waals surface area contributed by atoms with Gasteiger partial charge >= 0.3 is 0 Å². The molecule has 4 fully saturated rings. The lowest BCUT2D eigenvalue weighted by atomic mass is 9.59. The summed E-state index contributed by atoms with van der Waals surface area (Å²) < 4.78 is 7.51. The third-order valence-electron chi connectivity index (χ3n) is 11.5. The van der Waals surface area contributed by atoms with Crippen molar-refractivity contribution in [2.24, 2.45) is 11.3 Å². The molecule has 3 aliphatic carbocycles. The average molecular weight is 458 g/mol. The van der Waals surface area contributed by atoms with Crippen LogP contribution in [0.4, 0.5) is 0 Å². The van der Waals surface area contributed by atoms with E-state index in [1.807, 2.05) is 6.20 Å². The third-order valence-corrected chi connectivity index (χ3v) is 11.5. The molecule has 180 valence electrons. The van der Waals surface area contributed by atoms with Gasteiger partial charge < -0.3 is 9.64 Å². The first kappa shape index (κ1) is 20.7. The fraction of sp³-hybridized carbons (Fsp3) is 0.700. The van der Waals surface area contributed by atoms with E-state index in [-0.39, 0.29) is 11.2 Å². The number of rotatable bonds is 2. The Morgan fingerprint density at radius 3 is 2.85 bits per heavy atom. The summed E-state index contributed by atoms with van der Waals surface area (Å²) in [5, 5.41) is 0. The van der Waals surface area contributed by atoms with Crippen LogP contribution in [0.1, 0.15) is 75.8 Å². The van der Waals surface area contributed by atoms with Crippen molar-refractivity contribution in [3.8, 4) is 0 Å². The number of nitrogens with zero attached hydrogens (tertiary/aromatic N) is 3. The fourth-order valence-electron chi connectivity index (χ4n) is 9.64. The van der Waals surface area contributed by atoms with Gasteiger partial charge in [0.25, 0.3) is 0 Å². The fourth-order valence-corrected chi connectivity index (χ4v) is 9.64. The van der Waals surface area contributed by atoms with E-state index in [9.17, 15) is 0 Å². The molecule has 0 aromatic carbocycles. The highest BCUT2D eigenvalue weighted by molar-refractivity contribution is 5.47. The zero-order chi connectivity index (χ0) is 22.5. The van der Waals surface area contributed by atoms with Crippen molar-refractivity contribution in [1.29, 1.82) is 0 Å². The highest BCUT2D eigenvalue weighted by Gasteiger charge is 2.67. The van der Waals surface area contributed by atoms with Crippen molar-refractivity contribution in [3.63, 3.8) is 0 Å². The monoisotopic (exact) mass is 457 g/mol. The van der Waals surface area contributed by atoms with E-state index in [4.69, 9.17) is 4.74 Å². The smallest absolute Gasteiger partial charge is 0.0975 e. The quantitative estimate of drug-likeness (QED) is 0.622. The number of hydrogen-bond acceptors (Lipinski definition) is 4. The summed E-state index contributed by atoms with van der Waals surface area (Å²) in [7, 11) is 0. The average Bonchev–Trinajstić information content (AvgIpc) is 3.33. The van der Waals surface area contributed by atoms with Crippen LogP contribution < -0.4 is 0 Å². The molecule has 0 radical (unpaired) electrons. The summed E-state index contributed by atoms with van der Waals surface area (Å²) in [5.74, 6) is 0.654. The molecule has 6 atom stereocenters. The third kappa shape index (κ3) is 2.63. The molecular formula is C30H39N3O. The summed E-state index contributed by atoms with van der Waals surface area (Å²) in [6, 6.07) is 3.64. The summed E-state index contributed by atoms with van der Waals surface area (Å²) in [6.07, 6.45) is 22.1. The lowest BCUT2D eigenvalue weighted by Gasteiger charge is -2.56. The highest BCUT2D eigenvalue weighted by atomic mass is 16.5. The molecule has 2 saturated heterocycles. The van der Waals surface area contributed by atoms with Crippen LogP contribution in [0, 0.1) is 11.3 Å². The second-order valence-electron chi connectivity index (χ2n) is 12.8.